The second-order valence-electron chi connectivity index (χ2n) is 7.24. The number of amides is 2. The van der Waals surface area contributed by atoms with E-state index < -0.39 is 0 Å². The molecule has 2 aliphatic rings. The summed E-state index contributed by atoms with van der Waals surface area (Å²) in [5, 5.41) is 3.27. The average molecular weight is 367 g/mol. The van der Waals surface area contributed by atoms with Gasteiger partial charge < -0.3 is 20.0 Å². The SMILES string of the molecule is CN=C(NCCC(=O)N(C)C)N1CCN(C(C)C(=O)N2CCCC2)CC1. The molecule has 1 unspecified atom stereocenters. The Labute approximate surface area is 157 Å². The summed E-state index contributed by atoms with van der Waals surface area (Å²) in [5.74, 6) is 1.20. The van der Waals surface area contributed by atoms with Crippen molar-refractivity contribution in [1.82, 2.24) is 24.9 Å². The number of likely N-dealkylation sites (tertiary alicyclic amines) is 1. The summed E-state index contributed by atoms with van der Waals surface area (Å²) < 4.78 is 0. The van der Waals surface area contributed by atoms with E-state index in [9.17, 15) is 9.59 Å². The first kappa shape index (κ1) is 20.5. The highest BCUT2D eigenvalue weighted by atomic mass is 16.2. The second-order valence-corrected chi connectivity index (χ2v) is 7.24. The number of nitrogens with one attached hydrogen (secondary N) is 1. The molecule has 2 heterocycles. The molecular weight excluding hydrogens is 332 g/mol. The summed E-state index contributed by atoms with van der Waals surface area (Å²) in [6.45, 7) is 7.77. The van der Waals surface area contributed by atoms with Gasteiger partial charge in [-0.05, 0) is 19.8 Å². The summed E-state index contributed by atoms with van der Waals surface area (Å²) in [7, 11) is 5.30. The highest BCUT2D eigenvalue weighted by Gasteiger charge is 2.30. The van der Waals surface area contributed by atoms with Gasteiger partial charge in [-0.15, -0.1) is 0 Å². The molecule has 0 aromatic carbocycles. The maximum Gasteiger partial charge on any atom is 0.239 e. The molecule has 148 valence electrons. The normalized spacial score (nSPS) is 20.2. The van der Waals surface area contributed by atoms with Crippen LogP contribution >= 0.6 is 0 Å². The van der Waals surface area contributed by atoms with Crippen LogP contribution in [-0.4, -0.2) is 110 Å². The zero-order valence-corrected chi connectivity index (χ0v) is 16.7. The Morgan fingerprint density at radius 2 is 1.65 bits per heavy atom. The monoisotopic (exact) mass is 366 g/mol. The van der Waals surface area contributed by atoms with E-state index in [-0.39, 0.29) is 17.9 Å². The summed E-state index contributed by atoms with van der Waals surface area (Å²) >= 11 is 0. The Balaban J connectivity index is 1.77. The molecule has 0 aromatic rings. The van der Waals surface area contributed by atoms with Crippen LogP contribution in [0.3, 0.4) is 0 Å². The minimum Gasteiger partial charge on any atom is -0.356 e. The molecule has 0 aromatic heterocycles. The van der Waals surface area contributed by atoms with Gasteiger partial charge in [0.2, 0.25) is 11.8 Å². The van der Waals surface area contributed by atoms with Crippen molar-refractivity contribution in [3.05, 3.63) is 0 Å². The first-order valence-corrected chi connectivity index (χ1v) is 9.62. The van der Waals surface area contributed by atoms with Crippen molar-refractivity contribution >= 4 is 17.8 Å². The Hall–Kier alpha value is -1.83. The van der Waals surface area contributed by atoms with Crippen molar-refractivity contribution in [2.45, 2.75) is 32.2 Å². The van der Waals surface area contributed by atoms with Gasteiger partial charge in [-0.25, -0.2) is 0 Å². The lowest BCUT2D eigenvalue weighted by molar-refractivity contribution is -0.135. The minimum atomic E-state index is -0.0528. The third kappa shape index (κ3) is 5.33. The number of aliphatic imine (C=N–C) groups is 1. The van der Waals surface area contributed by atoms with Crippen molar-refractivity contribution in [2.75, 3.05) is 67.0 Å². The Morgan fingerprint density at radius 3 is 2.19 bits per heavy atom. The summed E-state index contributed by atoms with van der Waals surface area (Å²) in [6, 6.07) is -0.0528. The van der Waals surface area contributed by atoms with Gasteiger partial charge in [0, 0.05) is 73.4 Å². The number of guanidine groups is 1. The molecule has 2 amide bonds. The standard InChI is InChI=1S/C18H34N6O2/c1-15(17(26)23-9-5-6-10-23)22-11-13-24(14-12-22)18(19-2)20-8-7-16(25)21(3)4/h15H,5-14H2,1-4H3,(H,19,20). The molecule has 2 aliphatic heterocycles. The number of carbonyl (C=O) groups is 2. The highest BCUT2D eigenvalue weighted by molar-refractivity contribution is 5.82. The van der Waals surface area contributed by atoms with Crippen molar-refractivity contribution in [1.29, 1.82) is 0 Å². The fourth-order valence-electron chi connectivity index (χ4n) is 3.52. The number of nitrogens with zero attached hydrogens (tertiary/aromatic N) is 5. The van der Waals surface area contributed by atoms with Gasteiger partial charge >= 0.3 is 0 Å². The van der Waals surface area contributed by atoms with E-state index in [0.29, 0.717) is 13.0 Å². The first-order chi connectivity index (χ1) is 12.4. The zero-order valence-electron chi connectivity index (χ0n) is 16.7. The van der Waals surface area contributed by atoms with Crippen LogP contribution in [0.5, 0.6) is 0 Å². The Bertz CT molecular complexity index is 508. The fraction of sp³-hybridized carbons (Fsp3) is 0.833. The van der Waals surface area contributed by atoms with Gasteiger partial charge in [-0.2, -0.15) is 0 Å². The summed E-state index contributed by atoms with van der Waals surface area (Å²) in [6.07, 6.45) is 2.71. The van der Waals surface area contributed by atoms with Crippen LogP contribution in [0.15, 0.2) is 4.99 Å². The molecule has 0 spiro atoms. The van der Waals surface area contributed by atoms with Crippen LogP contribution in [0.2, 0.25) is 0 Å². The van der Waals surface area contributed by atoms with Crippen LogP contribution in [0.1, 0.15) is 26.2 Å². The quantitative estimate of drug-likeness (QED) is 0.533. The number of hydrogen-bond acceptors (Lipinski definition) is 4. The minimum absolute atomic E-state index is 0.0528. The molecule has 0 saturated carbocycles. The Morgan fingerprint density at radius 1 is 1.04 bits per heavy atom. The van der Waals surface area contributed by atoms with Crippen LogP contribution in [0.4, 0.5) is 0 Å². The van der Waals surface area contributed by atoms with E-state index >= 15 is 0 Å². The molecule has 26 heavy (non-hydrogen) atoms. The number of hydrogen-bond donors (Lipinski definition) is 1. The van der Waals surface area contributed by atoms with E-state index in [4.69, 9.17) is 0 Å². The predicted molar refractivity (Wildman–Crippen MR) is 103 cm³/mol. The fourth-order valence-corrected chi connectivity index (χ4v) is 3.52. The molecule has 2 saturated heterocycles. The molecular formula is C18H34N6O2. The molecule has 0 bridgehead atoms. The largest absolute Gasteiger partial charge is 0.356 e. The van der Waals surface area contributed by atoms with Gasteiger partial charge in [0.25, 0.3) is 0 Å². The van der Waals surface area contributed by atoms with Crippen LogP contribution in [-0.2, 0) is 9.59 Å². The summed E-state index contributed by atoms with van der Waals surface area (Å²) in [5.41, 5.74) is 0. The van der Waals surface area contributed by atoms with Gasteiger partial charge in [-0.3, -0.25) is 19.5 Å². The maximum atomic E-state index is 12.6. The molecule has 2 rings (SSSR count). The van der Waals surface area contributed by atoms with Crippen molar-refractivity contribution in [3.8, 4) is 0 Å². The molecule has 0 aliphatic carbocycles. The molecule has 8 heteroatoms. The number of carbonyl (C=O) groups excluding carboxylic acids is 2. The highest BCUT2D eigenvalue weighted by Crippen LogP contribution is 2.14. The van der Waals surface area contributed by atoms with Gasteiger partial charge in [0.05, 0.1) is 6.04 Å². The molecule has 1 N–H and O–H groups in total. The zero-order chi connectivity index (χ0) is 19.1. The van der Waals surface area contributed by atoms with E-state index in [1.165, 1.54) is 0 Å². The average Bonchev–Trinajstić information content (AvgIpc) is 3.18. The maximum absolute atomic E-state index is 12.6. The molecule has 2 fully saturated rings. The number of piperazine rings is 1. The molecule has 0 radical (unpaired) electrons. The third-order valence-electron chi connectivity index (χ3n) is 5.27. The summed E-state index contributed by atoms with van der Waals surface area (Å²) in [4.78, 5) is 36.6. The van der Waals surface area contributed by atoms with E-state index in [2.05, 4.69) is 20.1 Å². The van der Waals surface area contributed by atoms with Crippen molar-refractivity contribution in [2.24, 2.45) is 4.99 Å². The van der Waals surface area contributed by atoms with Crippen molar-refractivity contribution in [3.63, 3.8) is 0 Å². The lowest BCUT2D eigenvalue weighted by Crippen LogP contribution is -2.57. The lowest BCUT2D eigenvalue weighted by Gasteiger charge is -2.39. The van der Waals surface area contributed by atoms with E-state index in [0.717, 1.165) is 58.1 Å². The van der Waals surface area contributed by atoms with Gasteiger partial charge in [0.15, 0.2) is 5.96 Å². The predicted octanol–water partition coefficient (Wildman–Crippen LogP) is -0.331. The van der Waals surface area contributed by atoms with Crippen LogP contribution in [0.25, 0.3) is 0 Å². The second kappa shape index (κ2) is 9.75. The lowest BCUT2D eigenvalue weighted by atomic mass is 10.2. The van der Waals surface area contributed by atoms with E-state index in [1.807, 2.05) is 11.8 Å². The van der Waals surface area contributed by atoms with E-state index in [1.54, 1.807) is 26.0 Å². The van der Waals surface area contributed by atoms with Crippen LogP contribution in [0, 0.1) is 0 Å². The number of rotatable bonds is 5. The first-order valence-electron chi connectivity index (χ1n) is 9.62. The topological polar surface area (TPSA) is 71.5 Å². The Kier molecular flexibility index (Phi) is 7.68. The molecule has 1 atom stereocenters. The van der Waals surface area contributed by atoms with Gasteiger partial charge in [0.1, 0.15) is 0 Å². The van der Waals surface area contributed by atoms with Crippen molar-refractivity contribution < 1.29 is 9.59 Å². The van der Waals surface area contributed by atoms with Gasteiger partial charge in [-0.1, -0.05) is 0 Å². The molecule has 8 nitrogen and oxygen atoms in total. The van der Waals surface area contributed by atoms with Crippen LogP contribution < -0.4 is 5.32 Å². The third-order valence-corrected chi connectivity index (χ3v) is 5.27. The smallest absolute Gasteiger partial charge is 0.239 e.